The van der Waals surface area contributed by atoms with E-state index in [0.717, 1.165) is 31.7 Å². The highest BCUT2D eigenvalue weighted by Gasteiger charge is 2.15. The molecule has 20 heavy (non-hydrogen) atoms. The molecule has 0 unspecified atom stereocenters. The van der Waals surface area contributed by atoms with Crippen LogP contribution in [0.25, 0.3) is 0 Å². The molecular formula is C14H20N2O3S. The number of ether oxygens (including phenoxy) is 3. The molecule has 110 valence electrons. The molecule has 0 spiro atoms. The van der Waals surface area contributed by atoms with Crippen LogP contribution in [0.1, 0.15) is 12.8 Å². The summed E-state index contributed by atoms with van der Waals surface area (Å²) in [5.41, 5.74) is 0.854. The monoisotopic (exact) mass is 296 g/mol. The van der Waals surface area contributed by atoms with E-state index in [4.69, 9.17) is 26.4 Å². The van der Waals surface area contributed by atoms with Crippen LogP contribution in [0.5, 0.6) is 11.5 Å². The van der Waals surface area contributed by atoms with Crippen LogP contribution in [0, 0.1) is 0 Å². The van der Waals surface area contributed by atoms with Gasteiger partial charge in [0.2, 0.25) is 0 Å². The maximum Gasteiger partial charge on any atom is 0.170 e. The van der Waals surface area contributed by atoms with Gasteiger partial charge in [0.05, 0.1) is 20.3 Å². The van der Waals surface area contributed by atoms with Gasteiger partial charge in [0.1, 0.15) is 0 Å². The standard InChI is InChI=1S/C14H20N2O3S/c1-17-12-6-5-10(8-13(12)18-2)16-14(20)15-9-11-4-3-7-19-11/h5-6,8,11H,3-4,7,9H2,1-2H3,(H2,15,16,20)/t11-/m0/s1. The second-order valence-corrected chi connectivity index (χ2v) is 4.95. The molecular weight excluding hydrogens is 276 g/mol. The van der Waals surface area contributed by atoms with Crippen LogP contribution in [0.2, 0.25) is 0 Å². The normalized spacial score (nSPS) is 17.6. The van der Waals surface area contributed by atoms with Gasteiger partial charge in [-0.25, -0.2) is 0 Å². The van der Waals surface area contributed by atoms with Crippen molar-refractivity contribution in [2.75, 3.05) is 32.7 Å². The van der Waals surface area contributed by atoms with Crippen molar-refractivity contribution in [3.63, 3.8) is 0 Å². The molecule has 1 atom stereocenters. The van der Waals surface area contributed by atoms with E-state index in [2.05, 4.69) is 10.6 Å². The zero-order chi connectivity index (χ0) is 14.4. The van der Waals surface area contributed by atoms with Crippen molar-refractivity contribution >= 4 is 23.0 Å². The molecule has 1 fully saturated rings. The Hall–Kier alpha value is -1.53. The average molecular weight is 296 g/mol. The van der Waals surface area contributed by atoms with Gasteiger partial charge in [-0.15, -0.1) is 0 Å². The van der Waals surface area contributed by atoms with Crippen molar-refractivity contribution in [2.24, 2.45) is 0 Å². The number of benzene rings is 1. The summed E-state index contributed by atoms with van der Waals surface area (Å²) in [6.45, 7) is 1.58. The predicted octanol–water partition coefficient (Wildman–Crippen LogP) is 2.17. The molecule has 2 N–H and O–H groups in total. The van der Waals surface area contributed by atoms with Gasteiger partial charge in [0, 0.05) is 24.9 Å². The number of hydrogen-bond donors (Lipinski definition) is 2. The first kappa shape index (κ1) is 14.9. The van der Waals surface area contributed by atoms with Gasteiger partial charge in [0.15, 0.2) is 16.6 Å². The molecule has 2 rings (SSSR count). The Morgan fingerprint density at radius 2 is 2.15 bits per heavy atom. The van der Waals surface area contributed by atoms with E-state index in [9.17, 15) is 0 Å². The summed E-state index contributed by atoms with van der Waals surface area (Å²) in [6.07, 6.45) is 2.48. The van der Waals surface area contributed by atoms with E-state index in [-0.39, 0.29) is 6.10 Å². The van der Waals surface area contributed by atoms with Crippen LogP contribution in [-0.2, 0) is 4.74 Å². The number of anilines is 1. The van der Waals surface area contributed by atoms with E-state index in [1.165, 1.54) is 0 Å². The Morgan fingerprint density at radius 1 is 1.35 bits per heavy atom. The first-order valence-corrected chi connectivity index (χ1v) is 7.02. The van der Waals surface area contributed by atoms with E-state index in [0.29, 0.717) is 16.6 Å². The molecule has 6 heteroatoms. The third-order valence-electron chi connectivity index (χ3n) is 3.16. The number of thiocarbonyl (C=S) groups is 1. The van der Waals surface area contributed by atoms with Crippen molar-refractivity contribution in [3.8, 4) is 11.5 Å². The van der Waals surface area contributed by atoms with Crippen LogP contribution in [0.4, 0.5) is 5.69 Å². The first-order valence-electron chi connectivity index (χ1n) is 6.61. The van der Waals surface area contributed by atoms with Crippen LogP contribution >= 0.6 is 12.2 Å². The molecule has 0 aliphatic carbocycles. The lowest BCUT2D eigenvalue weighted by Crippen LogP contribution is -2.34. The molecule has 0 aromatic heterocycles. The van der Waals surface area contributed by atoms with Crippen molar-refractivity contribution in [1.82, 2.24) is 5.32 Å². The highest BCUT2D eigenvalue weighted by molar-refractivity contribution is 7.80. The van der Waals surface area contributed by atoms with Gasteiger partial charge in [-0.1, -0.05) is 0 Å². The molecule has 0 saturated carbocycles. The van der Waals surface area contributed by atoms with Crippen molar-refractivity contribution < 1.29 is 14.2 Å². The molecule has 0 amide bonds. The average Bonchev–Trinajstić information content (AvgIpc) is 2.98. The fourth-order valence-electron chi connectivity index (χ4n) is 2.10. The maximum atomic E-state index is 5.53. The smallest absolute Gasteiger partial charge is 0.170 e. The van der Waals surface area contributed by atoms with Crippen LogP contribution in [0.15, 0.2) is 18.2 Å². The minimum absolute atomic E-state index is 0.264. The lowest BCUT2D eigenvalue weighted by Gasteiger charge is -2.15. The maximum absolute atomic E-state index is 5.53. The van der Waals surface area contributed by atoms with Gasteiger partial charge >= 0.3 is 0 Å². The largest absolute Gasteiger partial charge is 0.493 e. The number of nitrogens with one attached hydrogen (secondary N) is 2. The van der Waals surface area contributed by atoms with Gasteiger partial charge in [-0.2, -0.15) is 0 Å². The molecule has 0 radical (unpaired) electrons. The summed E-state index contributed by atoms with van der Waals surface area (Å²) >= 11 is 5.26. The number of hydrogen-bond acceptors (Lipinski definition) is 4. The Bertz CT molecular complexity index is 462. The van der Waals surface area contributed by atoms with Crippen LogP contribution < -0.4 is 20.1 Å². The quantitative estimate of drug-likeness (QED) is 0.812. The Labute approximate surface area is 124 Å². The highest BCUT2D eigenvalue weighted by atomic mass is 32.1. The summed E-state index contributed by atoms with van der Waals surface area (Å²) in [7, 11) is 3.22. The summed E-state index contributed by atoms with van der Waals surface area (Å²) < 4.78 is 16.0. The summed E-state index contributed by atoms with van der Waals surface area (Å²) in [6, 6.07) is 5.57. The summed E-state index contributed by atoms with van der Waals surface area (Å²) in [5.74, 6) is 1.36. The van der Waals surface area contributed by atoms with Gasteiger partial charge < -0.3 is 24.8 Å². The van der Waals surface area contributed by atoms with Gasteiger partial charge in [0.25, 0.3) is 0 Å². The summed E-state index contributed by atoms with van der Waals surface area (Å²) in [4.78, 5) is 0. The Balaban J connectivity index is 1.86. The van der Waals surface area contributed by atoms with E-state index in [1.54, 1.807) is 14.2 Å². The third-order valence-corrected chi connectivity index (χ3v) is 3.40. The fourth-order valence-corrected chi connectivity index (χ4v) is 2.30. The first-order chi connectivity index (χ1) is 9.72. The van der Waals surface area contributed by atoms with Crippen molar-refractivity contribution in [1.29, 1.82) is 0 Å². The number of rotatable bonds is 5. The predicted molar refractivity (Wildman–Crippen MR) is 82.7 cm³/mol. The molecule has 1 aromatic rings. The second kappa shape index (κ2) is 7.31. The zero-order valence-corrected chi connectivity index (χ0v) is 12.6. The molecule has 1 heterocycles. The lowest BCUT2D eigenvalue weighted by molar-refractivity contribution is 0.114. The number of methoxy groups -OCH3 is 2. The lowest BCUT2D eigenvalue weighted by atomic mass is 10.2. The van der Waals surface area contributed by atoms with Gasteiger partial charge in [-0.3, -0.25) is 0 Å². The SMILES string of the molecule is COc1ccc(NC(=S)NC[C@@H]2CCCO2)cc1OC. The molecule has 0 bridgehead atoms. The zero-order valence-electron chi connectivity index (χ0n) is 11.8. The molecule has 5 nitrogen and oxygen atoms in total. The third kappa shape index (κ3) is 3.98. The highest BCUT2D eigenvalue weighted by Crippen LogP contribution is 2.29. The van der Waals surface area contributed by atoms with E-state index >= 15 is 0 Å². The minimum atomic E-state index is 0.264. The van der Waals surface area contributed by atoms with E-state index in [1.807, 2.05) is 18.2 Å². The topological polar surface area (TPSA) is 51.8 Å². The van der Waals surface area contributed by atoms with E-state index < -0.39 is 0 Å². The fraction of sp³-hybridized carbons (Fsp3) is 0.500. The van der Waals surface area contributed by atoms with Crippen molar-refractivity contribution in [3.05, 3.63) is 18.2 Å². The molecule has 1 saturated heterocycles. The van der Waals surface area contributed by atoms with Gasteiger partial charge in [-0.05, 0) is 37.2 Å². The Kier molecular flexibility index (Phi) is 5.43. The molecule has 1 aliphatic heterocycles. The second-order valence-electron chi connectivity index (χ2n) is 4.54. The van der Waals surface area contributed by atoms with Crippen molar-refractivity contribution in [2.45, 2.75) is 18.9 Å². The van der Waals surface area contributed by atoms with Crippen LogP contribution in [-0.4, -0.2) is 38.6 Å². The molecule has 1 aliphatic rings. The summed E-state index contributed by atoms with van der Waals surface area (Å²) in [5, 5.41) is 6.86. The Morgan fingerprint density at radius 3 is 2.80 bits per heavy atom. The molecule has 1 aromatic carbocycles. The minimum Gasteiger partial charge on any atom is -0.493 e. The van der Waals surface area contributed by atoms with Crippen LogP contribution in [0.3, 0.4) is 0 Å².